The summed E-state index contributed by atoms with van der Waals surface area (Å²) in [5, 5.41) is 2.96. The van der Waals surface area contributed by atoms with E-state index in [1.165, 1.54) is 0 Å². The molecule has 0 aliphatic carbocycles. The van der Waals surface area contributed by atoms with E-state index in [9.17, 15) is 19.2 Å². The number of nitrogens with one attached hydrogen (secondary N) is 1. The standard InChI is InChI=1S/C45H78N6O8/c1-14-32(5)41(50(11)44(55)40(31(3)4)47-45(48(7)8)49(9)10)38(56-12)30-39(53)51-24-19-22-36(51)42(57-13)33(6)37(52)29-35(28-34-20-17-16-18-21-34)43(54)46-23-25-59-27-26-58-15-2/h16-18,20-21,31-33,35-36,38,40-42H,14-15,19,22-30H2,1-13H3,(H,46,54)/t32-,33-,35+,36-,38+,40-,41-,42+/m0/s1. The first-order valence-electron chi connectivity index (χ1n) is 21.6. The van der Waals surface area contributed by atoms with Crippen LogP contribution < -0.4 is 5.32 Å². The number of hydrogen-bond donors (Lipinski definition) is 1. The topological polar surface area (TPSA) is 143 Å². The van der Waals surface area contributed by atoms with Gasteiger partial charge in [0.05, 0.1) is 50.5 Å². The highest BCUT2D eigenvalue weighted by Crippen LogP contribution is 2.31. The average Bonchev–Trinajstić information content (AvgIpc) is 3.69. The molecular formula is C45H78N6O8. The van der Waals surface area contributed by atoms with Crippen LogP contribution in [0.15, 0.2) is 35.3 Å². The number of guanidine groups is 1. The van der Waals surface area contributed by atoms with Crippen LogP contribution in [0.1, 0.15) is 79.2 Å². The Morgan fingerprint density at radius 3 is 2.08 bits per heavy atom. The van der Waals surface area contributed by atoms with Gasteiger partial charge in [0.15, 0.2) is 5.96 Å². The fourth-order valence-corrected chi connectivity index (χ4v) is 8.13. The van der Waals surface area contributed by atoms with E-state index in [0.29, 0.717) is 58.3 Å². The molecule has 336 valence electrons. The van der Waals surface area contributed by atoms with Gasteiger partial charge < -0.3 is 43.9 Å². The molecule has 1 aliphatic rings. The fourth-order valence-electron chi connectivity index (χ4n) is 8.13. The normalized spacial score (nSPS) is 17.7. The van der Waals surface area contributed by atoms with Crippen LogP contribution in [0.3, 0.4) is 0 Å². The van der Waals surface area contributed by atoms with Crippen LogP contribution in [0.25, 0.3) is 0 Å². The van der Waals surface area contributed by atoms with Gasteiger partial charge in [-0.2, -0.15) is 0 Å². The highest BCUT2D eigenvalue weighted by Gasteiger charge is 2.43. The number of Topliss-reactive ketones (excluding diaryl/α,β-unsaturated/α-hetero) is 1. The number of likely N-dealkylation sites (tertiary alicyclic amines) is 1. The lowest BCUT2D eigenvalue weighted by Gasteiger charge is -2.40. The first kappa shape index (κ1) is 51.6. The van der Waals surface area contributed by atoms with Crippen LogP contribution >= 0.6 is 0 Å². The SMILES string of the molecule is CCOCCOCCNC(=O)[C@@H](CC(=O)[C@H](C)[C@@H](OC)[C@@H]1CCCN1C(=O)C[C@@H](OC)[C@H]([C@@H](C)CC)N(C)C(=O)[C@@H](N=C(N(C)C)N(C)C)C(C)C)Cc1ccccc1. The number of benzene rings is 1. The molecule has 1 aromatic rings. The number of ketones is 1. The van der Waals surface area contributed by atoms with Crippen molar-refractivity contribution in [1.82, 2.24) is 24.9 Å². The molecule has 14 nitrogen and oxygen atoms in total. The summed E-state index contributed by atoms with van der Waals surface area (Å²) in [4.78, 5) is 68.5. The summed E-state index contributed by atoms with van der Waals surface area (Å²) in [6.07, 6.45) is 1.56. The number of likely N-dealkylation sites (N-methyl/N-ethyl adjacent to an activating group) is 1. The molecule has 2 rings (SSSR count). The molecule has 0 radical (unpaired) electrons. The second kappa shape index (κ2) is 26.6. The van der Waals surface area contributed by atoms with Gasteiger partial charge in [0.2, 0.25) is 17.7 Å². The van der Waals surface area contributed by atoms with E-state index in [1.54, 1.807) is 26.2 Å². The molecule has 0 bridgehead atoms. The molecule has 0 aromatic heterocycles. The Kier molecular flexibility index (Phi) is 23.2. The number of carbonyl (C=O) groups excluding carboxylic acids is 4. The molecule has 14 heteroatoms. The number of ether oxygens (including phenoxy) is 4. The number of amides is 3. The van der Waals surface area contributed by atoms with E-state index in [4.69, 9.17) is 23.9 Å². The zero-order chi connectivity index (χ0) is 44.2. The van der Waals surface area contributed by atoms with Gasteiger partial charge in [-0.25, -0.2) is 4.99 Å². The Bertz CT molecular complexity index is 1430. The Balaban J connectivity index is 2.27. The maximum atomic E-state index is 14.4. The number of carbonyl (C=O) groups is 4. The van der Waals surface area contributed by atoms with Gasteiger partial charge in [-0.05, 0) is 43.6 Å². The van der Waals surface area contributed by atoms with Crippen LogP contribution in [0.2, 0.25) is 0 Å². The lowest BCUT2D eigenvalue weighted by molar-refractivity contribution is -0.146. The zero-order valence-corrected chi connectivity index (χ0v) is 38.6. The second-order valence-electron chi connectivity index (χ2n) is 16.7. The summed E-state index contributed by atoms with van der Waals surface area (Å²) in [5.41, 5.74) is 0.965. The lowest BCUT2D eigenvalue weighted by Crippen LogP contribution is -2.55. The van der Waals surface area contributed by atoms with E-state index in [2.05, 4.69) is 19.2 Å². The molecule has 1 aliphatic heterocycles. The van der Waals surface area contributed by atoms with Crippen LogP contribution in [0.5, 0.6) is 0 Å². The maximum Gasteiger partial charge on any atom is 0.247 e. The summed E-state index contributed by atoms with van der Waals surface area (Å²) in [6, 6.07) is 8.32. The molecule has 59 heavy (non-hydrogen) atoms. The van der Waals surface area contributed by atoms with Crippen molar-refractivity contribution < 1.29 is 38.1 Å². The highest BCUT2D eigenvalue weighted by molar-refractivity contribution is 5.89. The van der Waals surface area contributed by atoms with Gasteiger partial charge in [-0.1, -0.05) is 71.4 Å². The summed E-state index contributed by atoms with van der Waals surface area (Å²) < 4.78 is 23.0. The van der Waals surface area contributed by atoms with Gasteiger partial charge in [0, 0.05) is 87.4 Å². The van der Waals surface area contributed by atoms with E-state index in [1.807, 2.05) is 101 Å². The second-order valence-corrected chi connectivity index (χ2v) is 16.7. The van der Waals surface area contributed by atoms with Crippen LogP contribution in [0, 0.1) is 23.7 Å². The van der Waals surface area contributed by atoms with Gasteiger partial charge in [0.25, 0.3) is 0 Å². The third kappa shape index (κ3) is 15.8. The molecule has 1 heterocycles. The molecule has 1 saturated heterocycles. The fraction of sp³-hybridized carbons (Fsp3) is 0.756. The van der Waals surface area contributed by atoms with Gasteiger partial charge in [0.1, 0.15) is 11.8 Å². The van der Waals surface area contributed by atoms with Crippen LogP contribution in [-0.2, 0) is 44.5 Å². The van der Waals surface area contributed by atoms with Crippen molar-refractivity contribution in [2.45, 2.75) is 110 Å². The van der Waals surface area contributed by atoms with Gasteiger partial charge >= 0.3 is 0 Å². The minimum absolute atomic E-state index is 0.0216. The first-order valence-corrected chi connectivity index (χ1v) is 21.6. The Morgan fingerprint density at radius 1 is 0.881 bits per heavy atom. The van der Waals surface area contributed by atoms with E-state index < -0.39 is 36.1 Å². The van der Waals surface area contributed by atoms with Crippen molar-refractivity contribution in [3.63, 3.8) is 0 Å². The van der Waals surface area contributed by atoms with Crippen LogP contribution in [0.4, 0.5) is 0 Å². The Hall–Kier alpha value is -3.59. The molecule has 0 spiro atoms. The maximum absolute atomic E-state index is 14.4. The van der Waals surface area contributed by atoms with Crippen molar-refractivity contribution in [1.29, 1.82) is 0 Å². The number of aliphatic imine (C=N–C) groups is 1. The smallest absolute Gasteiger partial charge is 0.247 e. The first-order chi connectivity index (χ1) is 28.0. The minimum atomic E-state index is -0.632. The third-order valence-corrected chi connectivity index (χ3v) is 11.6. The predicted molar refractivity (Wildman–Crippen MR) is 233 cm³/mol. The molecule has 3 amide bonds. The highest BCUT2D eigenvalue weighted by atomic mass is 16.5. The monoisotopic (exact) mass is 831 g/mol. The molecular weight excluding hydrogens is 753 g/mol. The summed E-state index contributed by atoms with van der Waals surface area (Å²) in [7, 11) is 12.6. The number of methoxy groups -OCH3 is 2. The number of nitrogens with zero attached hydrogens (tertiary/aromatic N) is 5. The number of rotatable bonds is 26. The molecule has 1 aromatic carbocycles. The minimum Gasteiger partial charge on any atom is -0.379 e. The summed E-state index contributed by atoms with van der Waals surface area (Å²) >= 11 is 0. The van der Waals surface area contributed by atoms with Crippen molar-refractivity contribution in [2.24, 2.45) is 28.7 Å². The van der Waals surface area contributed by atoms with E-state index in [-0.39, 0.29) is 54.2 Å². The zero-order valence-electron chi connectivity index (χ0n) is 38.6. The van der Waals surface area contributed by atoms with Gasteiger partial charge in [-0.15, -0.1) is 0 Å². The summed E-state index contributed by atoms with van der Waals surface area (Å²) in [6.45, 7) is 14.6. The van der Waals surface area contributed by atoms with Crippen molar-refractivity contribution in [3.8, 4) is 0 Å². The van der Waals surface area contributed by atoms with E-state index >= 15 is 0 Å². The van der Waals surface area contributed by atoms with Crippen molar-refractivity contribution >= 4 is 29.5 Å². The van der Waals surface area contributed by atoms with Gasteiger partial charge in [-0.3, -0.25) is 19.2 Å². The third-order valence-electron chi connectivity index (χ3n) is 11.6. The molecule has 0 saturated carbocycles. The molecule has 1 fully saturated rings. The summed E-state index contributed by atoms with van der Waals surface area (Å²) in [5.74, 6) is -1.07. The Labute approximate surface area is 355 Å². The Morgan fingerprint density at radius 2 is 1.53 bits per heavy atom. The van der Waals surface area contributed by atoms with Crippen molar-refractivity contribution in [2.75, 3.05) is 89.0 Å². The largest absolute Gasteiger partial charge is 0.379 e. The van der Waals surface area contributed by atoms with Crippen molar-refractivity contribution in [3.05, 3.63) is 35.9 Å². The quantitative estimate of drug-likeness (QED) is 0.0812. The van der Waals surface area contributed by atoms with E-state index in [0.717, 1.165) is 18.4 Å². The number of hydrogen-bond acceptors (Lipinski definition) is 9. The molecule has 0 unspecified atom stereocenters. The molecule has 1 N–H and O–H groups in total. The van der Waals surface area contributed by atoms with Crippen LogP contribution in [-0.4, -0.2) is 168 Å². The predicted octanol–water partition coefficient (Wildman–Crippen LogP) is 4.40. The average molecular weight is 831 g/mol. The lowest BCUT2D eigenvalue weighted by atomic mass is 9.85. The molecule has 8 atom stereocenters.